The summed E-state index contributed by atoms with van der Waals surface area (Å²) in [4.78, 5) is 0. The first-order chi connectivity index (χ1) is 12.4. The van der Waals surface area contributed by atoms with E-state index in [0.717, 1.165) is 24.0 Å². The second kappa shape index (κ2) is 6.30. The average Bonchev–Trinajstić information content (AvgIpc) is 2.55. The molecule has 142 valence electrons. The van der Waals surface area contributed by atoms with Gasteiger partial charge in [-0.15, -0.1) is 0 Å². The highest BCUT2D eigenvalue weighted by Crippen LogP contribution is 2.66. The van der Waals surface area contributed by atoms with Gasteiger partial charge < -0.3 is 14.8 Å². The molecule has 0 spiro atoms. The number of rotatable bonds is 7. The standard InChI is InChI=1S/C23H33NO2/c1-5-8-26-19-7-6-17(9-20(19)25-4)13-24-23-12-18-10-21(2,15-23)14-22(3,11-18)16-23/h5-7,9,18,24H,1,8,10-16H2,2-4H3. The van der Waals surface area contributed by atoms with Gasteiger partial charge in [-0.25, -0.2) is 0 Å². The van der Waals surface area contributed by atoms with Gasteiger partial charge in [-0.3, -0.25) is 0 Å². The Kier molecular flexibility index (Phi) is 4.34. The van der Waals surface area contributed by atoms with Crippen LogP contribution in [0, 0.1) is 16.7 Å². The molecule has 0 aromatic heterocycles. The van der Waals surface area contributed by atoms with E-state index in [0.29, 0.717) is 23.0 Å². The molecule has 0 aliphatic heterocycles. The summed E-state index contributed by atoms with van der Waals surface area (Å²) in [6.07, 6.45) is 10.1. The van der Waals surface area contributed by atoms with Crippen LogP contribution in [0.1, 0.15) is 57.9 Å². The maximum atomic E-state index is 5.67. The fourth-order valence-electron chi connectivity index (χ4n) is 7.02. The van der Waals surface area contributed by atoms with Gasteiger partial charge in [-0.05, 0) is 73.0 Å². The summed E-state index contributed by atoms with van der Waals surface area (Å²) in [6.45, 7) is 10.2. The molecule has 2 atom stereocenters. The van der Waals surface area contributed by atoms with Crippen LogP contribution in [-0.4, -0.2) is 19.3 Å². The van der Waals surface area contributed by atoms with Gasteiger partial charge in [0, 0.05) is 12.1 Å². The van der Waals surface area contributed by atoms with Gasteiger partial charge in [-0.1, -0.05) is 32.6 Å². The zero-order valence-electron chi connectivity index (χ0n) is 16.6. The number of nitrogens with one attached hydrogen (secondary N) is 1. The van der Waals surface area contributed by atoms with Crippen LogP contribution in [0.25, 0.3) is 0 Å². The van der Waals surface area contributed by atoms with Crippen LogP contribution in [0.3, 0.4) is 0 Å². The van der Waals surface area contributed by atoms with Gasteiger partial charge in [-0.2, -0.15) is 0 Å². The first-order valence-electron chi connectivity index (χ1n) is 10.0. The summed E-state index contributed by atoms with van der Waals surface area (Å²) < 4.78 is 11.2. The molecule has 26 heavy (non-hydrogen) atoms. The molecule has 4 aliphatic carbocycles. The van der Waals surface area contributed by atoms with Gasteiger partial charge in [0.15, 0.2) is 11.5 Å². The zero-order valence-corrected chi connectivity index (χ0v) is 16.6. The van der Waals surface area contributed by atoms with Crippen molar-refractivity contribution in [1.29, 1.82) is 0 Å². The van der Waals surface area contributed by atoms with Crippen LogP contribution in [0.5, 0.6) is 11.5 Å². The van der Waals surface area contributed by atoms with Crippen molar-refractivity contribution in [2.75, 3.05) is 13.7 Å². The smallest absolute Gasteiger partial charge is 0.161 e. The SMILES string of the molecule is C=CCOc1ccc(CNC23CC4CC(C)(CC(C)(C4)C2)C3)cc1OC. The molecule has 0 amide bonds. The van der Waals surface area contributed by atoms with Crippen molar-refractivity contribution in [2.45, 2.75) is 64.5 Å². The second-order valence-corrected chi connectivity index (χ2v) is 9.85. The zero-order chi connectivity index (χ0) is 18.4. The average molecular weight is 356 g/mol. The van der Waals surface area contributed by atoms with Crippen molar-refractivity contribution in [1.82, 2.24) is 5.32 Å². The van der Waals surface area contributed by atoms with Crippen molar-refractivity contribution in [3.05, 3.63) is 36.4 Å². The lowest BCUT2D eigenvalue weighted by atomic mass is 9.43. The minimum Gasteiger partial charge on any atom is -0.493 e. The van der Waals surface area contributed by atoms with E-state index in [1.165, 1.54) is 44.1 Å². The number of methoxy groups -OCH3 is 1. The van der Waals surface area contributed by atoms with Crippen LogP contribution in [0.4, 0.5) is 0 Å². The summed E-state index contributed by atoms with van der Waals surface area (Å²) in [5.41, 5.74) is 2.68. The van der Waals surface area contributed by atoms with Crippen LogP contribution < -0.4 is 14.8 Å². The Morgan fingerprint density at radius 3 is 2.46 bits per heavy atom. The molecule has 4 bridgehead atoms. The van der Waals surface area contributed by atoms with Gasteiger partial charge in [0.1, 0.15) is 6.61 Å². The molecule has 0 saturated heterocycles. The van der Waals surface area contributed by atoms with Gasteiger partial charge >= 0.3 is 0 Å². The highest BCUT2D eigenvalue weighted by Gasteiger charge is 2.59. The molecule has 1 aromatic rings. The van der Waals surface area contributed by atoms with Crippen molar-refractivity contribution in [3.63, 3.8) is 0 Å². The lowest BCUT2D eigenvalue weighted by Crippen LogP contribution is -2.63. The Morgan fingerprint density at radius 1 is 1.12 bits per heavy atom. The number of hydrogen-bond acceptors (Lipinski definition) is 3. The van der Waals surface area contributed by atoms with Crippen LogP contribution in [0.15, 0.2) is 30.9 Å². The van der Waals surface area contributed by atoms with Crippen molar-refractivity contribution in [2.24, 2.45) is 16.7 Å². The fraction of sp³-hybridized carbons (Fsp3) is 0.652. The van der Waals surface area contributed by atoms with E-state index in [1.54, 1.807) is 13.2 Å². The van der Waals surface area contributed by atoms with E-state index >= 15 is 0 Å². The monoisotopic (exact) mass is 355 g/mol. The largest absolute Gasteiger partial charge is 0.493 e. The second-order valence-electron chi connectivity index (χ2n) is 9.85. The van der Waals surface area contributed by atoms with E-state index in [-0.39, 0.29) is 0 Å². The Morgan fingerprint density at radius 2 is 1.85 bits per heavy atom. The predicted octanol–water partition coefficient (Wildman–Crippen LogP) is 5.10. The Hall–Kier alpha value is -1.48. The van der Waals surface area contributed by atoms with Crippen molar-refractivity contribution in [3.8, 4) is 11.5 Å². The van der Waals surface area contributed by atoms with Crippen LogP contribution >= 0.6 is 0 Å². The van der Waals surface area contributed by atoms with E-state index in [1.807, 2.05) is 6.07 Å². The molecule has 3 nitrogen and oxygen atoms in total. The number of hydrogen-bond donors (Lipinski definition) is 1. The predicted molar refractivity (Wildman–Crippen MR) is 106 cm³/mol. The molecule has 2 unspecified atom stereocenters. The fourth-order valence-corrected chi connectivity index (χ4v) is 7.02. The molecule has 4 aliphatic rings. The third-order valence-electron chi connectivity index (χ3n) is 6.88. The molecule has 1 aromatic carbocycles. The molecular weight excluding hydrogens is 322 g/mol. The maximum absolute atomic E-state index is 5.67. The Balaban J connectivity index is 1.48. The first-order valence-corrected chi connectivity index (χ1v) is 10.0. The molecule has 5 rings (SSSR count). The summed E-state index contributed by atoms with van der Waals surface area (Å²) in [5, 5.41) is 4.00. The third-order valence-corrected chi connectivity index (χ3v) is 6.88. The van der Waals surface area contributed by atoms with Gasteiger partial charge in [0.25, 0.3) is 0 Å². The molecule has 0 heterocycles. The molecular formula is C23H33NO2. The lowest BCUT2D eigenvalue weighted by molar-refractivity contribution is -0.118. The summed E-state index contributed by atoms with van der Waals surface area (Å²) in [5.74, 6) is 2.50. The van der Waals surface area contributed by atoms with Crippen LogP contribution in [-0.2, 0) is 6.54 Å². The van der Waals surface area contributed by atoms with Crippen LogP contribution in [0.2, 0.25) is 0 Å². The highest BCUT2D eigenvalue weighted by molar-refractivity contribution is 5.43. The summed E-state index contributed by atoms with van der Waals surface area (Å²) in [7, 11) is 1.70. The van der Waals surface area contributed by atoms with E-state index in [9.17, 15) is 0 Å². The topological polar surface area (TPSA) is 30.5 Å². The van der Waals surface area contributed by atoms with Crippen molar-refractivity contribution >= 4 is 0 Å². The molecule has 0 radical (unpaired) electrons. The summed E-state index contributed by atoms with van der Waals surface area (Å²) in [6, 6.07) is 6.27. The summed E-state index contributed by atoms with van der Waals surface area (Å²) >= 11 is 0. The maximum Gasteiger partial charge on any atom is 0.161 e. The quantitative estimate of drug-likeness (QED) is 0.690. The number of ether oxygens (including phenoxy) is 2. The molecule has 4 saturated carbocycles. The highest BCUT2D eigenvalue weighted by atomic mass is 16.5. The van der Waals surface area contributed by atoms with Gasteiger partial charge in [0.2, 0.25) is 0 Å². The normalized spacial score (nSPS) is 37.6. The molecule has 3 heteroatoms. The van der Waals surface area contributed by atoms with Gasteiger partial charge in [0.05, 0.1) is 7.11 Å². The minimum absolute atomic E-state index is 0.328. The van der Waals surface area contributed by atoms with Crippen molar-refractivity contribution < 1.29 is 9.47 Å². The minimum atomic E-state index is 0.328. The lowest BCUT2D eigenvalue weighted by Gasteiger charge is -2.65. The molecule has 1 N–H and O–H groups in total. The Bertz CT molecular complexity index is 679. The third kappa shape index (κ3) is 3.26. The number of benzene rings is 1. The van der Waals surface area contributed by atoms with E-state index < -0.39 is 0 Å². The molecule has 4 fully saturated rings. The Labute approximate surface area is 158 Å². The van der Waals surface area contributed by atoms with E-state index in [2.05, 4.69) is 37.9 Å². The first kappa shape index (κ1) is 17.9. The van der Waals surface area contributed by atoms with E-state index in [4.69, 9.17) is 9.47 Å².